The second kappa shape index (κ2) is 19.3. The SMILES string of the molecule is COc1ccc(S(=O)(=O)N2CCC(C(=O)Nc3ccc(C(C)C)cc3)CC2)cc1.COc1ccc(S(=O)(=O)N2CCC(C(=O)Nc3ccc(Cl)cc3F)CC2)cc1. The third-order valence-electron chi connectivity index (χ3n) is 10.1. The second-order valence-electron chi connectivity index (χ2n) is 14.1. The Morgan fingerprint density at radius 2 is 1.09 bits per heavy atom. The molecule has 2 aliphatic heterocycles. The Morgan fingerprint density at radius 3 is 1.47 bits per heavy atom. The van der Waals surface area contributed by atoms with E-state index in [2.05, 4.69) is 24.5 Å². The first-order chi connectivity index (χ1) is 27.1. The Balaban J connectivity index is 0.000000218. The maximum atomic E-state index is 13.8. The van der Waals surface area contributed by atoms with E-state index in [1.165, 1.54) is 52.7 Å². The number of sulfonamides is 2. The zero-order valence-electron chi connectivity index (χ0n) is 32.3. The first-order valence-corrected chi connectivity index (χ1v) is 21.8. The molecule has 4 aromatic rings. The first-order valence-electron chi connectivity index (χ1n) is 18.6. The molecule has 0 aromatic heterocycles. The molecule has 4 aromatic carbocycles. The number of hydrogen-bond donors (Lipinski definition) is 2. The van der Waals surface area contributed by atoms with Crippen molar-refractivity contribution in [2.45, 2.75) is 55.2 Å². The standard InChI is InChI=1S/C22H28N2O4S.C19H20ClFN2O4S/c1-16(2)17-4-6-19(7-5-17)23-22(25)18-12-14-24(15-13-18)29(26,27)21-10-8-20(28-3)9-11-21;1-27-15-3-5-16(6-4-15)28(25,26)23-10-8-13(9-11-23)19(24)22-18-7-2-14(20)12-17(18)21/h4-11,16,18H,12-15H2,1-3H3,(H,23,25);2-7,12-13H,8-11H2,1H3,(H,22,24). The van der Waals surface area contributed by atoms with Gasteiger partial charge in [-0.2, -0.15) is 8.61 Å². The van der Waals surface area contributed by atoms with Crippen molar-refractivity contribution >= 4 is 54.8 Å². The molecule has 57 heavy (non-hydrogen) atoms. The fraction of sp³-hybridized carbons (Fsp3) is 0.366. The number of nitrogens with zero attached hydrogens (tertiary/aromatic N) is 2. The van der Waals surface area contributed by atoms with Crippen LogP contribution < -0.4 is 20.1 Å². The lowest BCUT2D eigenvalue weighted by molar-refractivity contribution is -0.121. The molecule has 0 atom stereocenters. The minimum atomic E-state index is -3.64. The topological polar surface area (TPSA) is 151 Å². The summed E-state index contributed by atoms with van der Waals surface area (Å²) in [5.41, 5.74) is 2.05. The lowest BCUT2D eigenvalue weighted by Gasteiger charge is -2.30. The summed E-state index contributed by atoms with van der Waals surface area (Å²) < 4.78 is 77.9. The van der Waals surface area contributed by atoms with Crippen LogP contribution in [-0.4, -0.2) is 77.7 Å². The summed E-state index contributed by atoms with van der Waals surface area (Å²) in [5.74, 6) is 0.0487. The molecule has 0 radical (unpaired) electrons. The highest BCUT2D eigenvalue weighted by atomic mass is 35.5. The third-order valence-corrected chi connectivity index (χ3v) is 14.1. The van der Waals surface area contributed by atoms with E-state index in [4.69, 9.17) is 21.1 Å². The summed E-state index contributed by atoms with van der Waals surface area (Å²) in [6.07, 6.45) is 1.73. The van der Waals surface area contributed by atoms with Gasteiger partial charge < -0.3 is 20.1 Å². The van der Waals surface area contributed by atoms with Crippen LogP contribution in [-0.2, 0) is 29.6 Å². The van der Waals surface area contributed by atoms with Crippen LogP contribution in [0.1, 0.15) is 51.0 Å². The van der Waals surface area contributed by atoms with Gasteiger partial charge in [0.05, 0.1) is 29.7 Å². The summed E-state index contributed by atoms with van der Waals surface area (Å²) in [7, 11) is -4.15. The van der Waals surface area contributed by atoms with Gasteiger partial charge in [-0.1, -0.05) is 37.6 Å². The van der Waals surface area contributed by atoms with E-state index in [9.17, 15) is 30.8 Å². The molecule has 0 bridgehead atoms. The summed E-state index contributed by atoms with van der Waals surface area (Å²) in [4.78, 5) is 25.4. The van der Waals surface area contributed by atoms with Crippen molar-refractivity contribution in [1.29, 1.82) is 0 Å². The highest BCUT2D eigenvalue weighted by Gasteiger charge is 2.33. The molecule has 306 valence electrons. The predicted octanol–water partition coefficient (Wildman–Crippen LogP) is 7.39. The number of rotatable bonds is 11. The Hall–Kier alpha value is -4.54. The van der Waals surface area contributed by atoms with Gasteiger partial charge in [-0.15, -0.1) is 0 Å². The van der Waals surface area contributed by atoms with Crippen LogP contribution in [0.4, 0.5) is 15.8 Å². The van der Waals surface area contributed by atoms with Gasteiger partial charge in [-0.25, -0.2) is 21.2 Å². The lowest BCUT2D eigenvalue weighted by atomic mass is 9.97. The van der Waals surface area contributed by atoms with Gasteiger partial charge in [-0.3, -0.25) is 9.59 Å². The average molecular weight is 843 g/mol. The molecular weight excluding hydrogens is 795 g/mol. The first kappa shape index (κ1) is 43.6. The number of anilines is 2. The number of carbonyl (C=O) groups is 2. The fourth-order valence-electron chi connectivity index (χ4n) is 6.53. The molecule has 0 saturated carbocycles. The van der Waals surface area contributed by atoms with Crippen LogP contribution in [0.25, 0.3) is 0 Å². The summed E-state index contributed by atoms with van der Waals surface area (Å²) in [6, 6.07) is 24.4. The molecule has 12 nitrogen and oxygen atoms in total. The zero-order chi connectivity index (χ0) is 41.3. The number of nitrogens with one attached hydrogen (secondary N) is 2. The number of amides is 2. The Labute approximate surface area is 339 Å². The van der Waals surface area contributed by atoms with Crippen molar-refractivity contribution in [3.05, 3.63) is 107 Å². The molecule has 2 heterocycles. The van der Waals surface area contributed by atoms with Crippen molar-refractivity contribution in [1.82, 2.24) is 8.61 Å². The quantitative estimate of drug-likeness (QED) is 0.159. The largest absolute Gasteiger partial charge is 0.497 e. The molecule has 16 heteroatoms. The number of benzene rings is 4. The number of halogens is 2. The minimum absolute atomic E-state index is 0.0520. The van der Waals surface area contributed by atoms with E-state index < -0.39 is 31.8 Å². The Kier molecular flexibility index (Phi) is 14.7. The molecule has 2 N–H and O–H groups in total. The molecule has 0 spiro atoms. The molecule has 2 fully saturated rings. The van der Waals surface area contributed by atoms with Crippen LogP contribution >= 0.6 is 11.6 Å². The maximum Gasteiger partial charge on any atom is 0.243 e. The molecule has 2 amide bonds. The van der Waals surface area contributed by atoms with Gasteiger partial charge in [0.2, 0.25) is 31.9 Å². The van der Waals surface area contributed by atoms with Gasteiger partial charge >= 0.3 is 0 Å². The molecular formula is C41H48ClFN4O8S2. The van der Waals surface area contributed by atoms with Gasteiger partial charge in [-0.05, 0) is 116 Å². The van der Waals surface area contributed by atoms with Crippen LogP contribution in [0.5, 0.6) is 11.5 Å². The van der Waals surface area contributed by atoms with Crippen LogP contribution in [0, 0.1) is 17.7 Å². The number of methoxy groups -OCH3 is 2. The van der Waals surface area contributed by atoms with Gasteiger partial charge in [0.15, 0.2) is 0 Å². The maximum absolute atomic E-state index is 13.8. The van der Waals surface area contributed by atoms with Crippen molar-refractivity contribution in [3.8, 4) is 11.5 Å². The normalized spacial score (nSPS) is 16.0. The van der Waals surface area contributed by atoms with Gasteiger partial charge in [0.1, 0.15) is 17.3 Å². The highest BCUT2D eigenvalue weighted by Crippen LogP contribution is 2.29. The van der Waals surface area contributed by atoms with E-state index in [1.54, 1.807) is 36.4 Å². The van der Waals surface area contributed by atoms with Crippen LogP contribution in [0.2, 0.25) is 5.02 Å². The van der Waals surface area contributed by atoms with Crippen molar-refractivity contribution in [2.75, 3.05) is 51.0 Å². The molecule has 2 saturated heterocycles. The van der Waals surface area contributed by atoms with E-state index in [0.717, 1.165) is 11.8 Å². The smallest absolute Gasteiger partial charge is 0.243 e. The van der Waals surface area contributed by atoms with E-state index >= 15 is 0 Å². The number of carbonyl (C=O) groups excluding carboxylic acids is 2. The predicted molar refractivity (Wildman–Crippen MR) is 218 cm³/mol. The number of hydrogen-bond acceptors (Lipinski definition) is 8. The second-order valence-corrected chi connectivity index (χ2v) is 18.4. The van der Waals surface area contributed by atoms with Gasteiger partial charge in [0, 0.05) is 48.7 Å². The third kappa shape index (κ3) is 11.1. The highest BCUT2D eigenvalue weighted by molar-refractivity contribution is 7.89. The number of ether oxygens (including phenoxy) is 2. The fourth-order valence-corrected chi connectivity index (χ4v) is 9.63. The van der Waals surface area contributed by atoms with Crippen LogP contribution in [0.15, 0.2) is 101 Å². The molecule has 0 unspecified atom stereocenters. The summed E-state index contributed by atoms with van der Waals surface area (Å²) in [5, 5.41) is 5.75. The van der Waals surface area contributed by atoms with E-state index in [0.29, 0.717) is 56.2 Å². The van der Waals surface area contributed by atoms with Crippen molar-refractivity contribution < 1.29 is 40.3 Å². The molecule has 2 aliphatic rings. The summed E-state index contributed by atoms with van der Waals surface area (Å²) >= 11 is 5.71. The van der Waals surface area contributed by atoms with E-state index in [-0.39, 0.29) is 51.3 Å². The average Bonchev–Trinajstić information content (AvgIpc) is 3.22. The molecule has 6 rings (SSSR count). The lowest BCUT2D eigenvalue weighted by Crippen LogP contribution is -2.41. The summed E-state index contributed by atoms with van der Waals surface area (Å²) in [6.45, 7) is 5.35. The van der Waals surface area contributed by atoms with Crippen LogP contribution in [0.3, 0.4) is 0 Å². The zero-order valence-corrected chi connectivity index (χ0v) is 34.7. The van der Waals surface area contributed by atoms with Gasteiger partial charge in [0.25, 0.3) is 0 Å². The minimum Gasteiger partial charge on any atom is -0.497 e. The van der Waals surface area contributed by atoms with E-state index in [1.807, 2.05) is 24.3 Å². The molecule has 0 aliphatic carbocycles. The van der Waals surface area contributed by atoms with Crippen molar-refractivity contribution in [2.24, 2.45) is 11.8 Å². The Morgan fingerprint density at radius 1 is 0.667 bits per heavy atom. The monoisotopic (exact) mass is 842 g/mol. The Bertz CT molecular complexity index is 2210. The number of piperidine rings is 2. The van der Waals surface area contributed by atoms with Crippen molar-refractivity contribution in [3.63, 3.8) is 0 Å².